The average molecular weight is 278 g/mol. The van der Waals surface area contributed by atoms with Gasteiger partial charge in [-0.3, -0.25) is 4.98 Å². The average Bonchev–Trinajstić information content (AvgIpc) is 2.55. The molecule has 1 atom stereocenters. The van der Waals surface area contributed by atoms with Crippen LogP contribution in [0.4, 0.5) is 0 Å². The summed E-state index contributed by atoms with van der Waals surface area (Å²) >= 11 is 0. The third-order valence-corrected chi connectivity index (χ3v) is 3.54. The van der Waals surface area contributed by atoms with Crippen molar-refractivity contribution in [2.75, 3.05) is 0 Å². The molecule has 1 unspecified atom stereocenters. The Balaban J connectivity index is 1.81. The molecule has 3 aromatic rings. The van der Waals surface area contributed by atoms with Gasteiger partial charge in [0.25, 0.3) is 0 Å². The third kappa shape index (κ3) is 3.03. The monoisotopic (exact) mass is 278 g/mol. The minimum Gasteiger partial charge on any atom is -0.456 e. The Kier molecular flexibility index (Phi) is 3.84. The fourth-order valence-electron chi connectivity index (χ4n) is 2.25. The topological polar surface area (TPSA) is 48.1 Å². The van der Waals surface area contributed by atoms with Crippen LogP contribution in [0.15, 0.2) is 60.8 Å². The first kappa shape index (κ1) is 13.6. The number of fused-ring (bicyclic) bond motifs is 1. The minimum absolute atomic E-state index is 0.0141. The van der Waals surface area contributed by atoms with Gasteiger partial charge < -0.3 is 10.5 Å². The molecule has 0 amide bonds. The van der Waals surface area contributed by atoms with E-state index in [1.165, 1.54) is 5.39 Å². The van der Waals surface area contributed by atoms with Crippen molar-refractivity contribution in [3.05, 3.63) is 66.5 Å². The van der Waals surface area contributed by atoms with Crippen molar-refractivity contribution in [1.82, 2.24) is 4.98 Å². The van der Waals surface area contributed by atoms with E-state index in [-0.39, 0.29) is 6.04 Å². The molecule has 2 aromatic carbocycles. The Bertz CT molecular complexity index is 738. The number of ether oxygens (including phenoxy) is 1. The van der Waals surface area contributed by atoms with E-state index >= 15 is 0 Å². The van der Waals surface area contributed by atoms with Crippen LogP contribution < -0.4 is 10.5 Å². The van der Waals surface area contributed by atoms with Gasteiger partial charge in [0.1, 0.15) is 11.5 Å². The van der Waals surface area contributed by atoms with E-state index in [0.717, 1.165) is 29.0 Å². The molecule has 106 valence electrons. The van der Waals surface area contributed by atoms with Crippen molar-refractivity contribution in [3.63, 3.8) is 0 Å². The molecule has 0 saturated carbocycles. The maximum atomic E-state index is 5.96. The van der Waals surface area contributed by atoms with Crippen LogP contribution in [0.5, 0.6) is 11.5 Å². The van der Waals surface area contributed by atoms with Crippen LogP contribution in [-0.2, 0) is 0 Å². The highest BCUT2D eigenvalue weighted by atomic mass is 16.5. The van der Waals surface area contributed by atoms with Gasteiger partial charge in [0.15, 0.2) is 0 Å². The summed E-state index contributed by atoms with van der Waals surface area (Å²) in [6.07, 6.45) is 2.60. The van der Waals surface area contributed by atoms with E-state index in [4.69, 9.17) is 10.5 Å². The number of nitrogens with zero attached hydrogens (tertiary/aromatic N) is 1. The molecule has 0 aliphatic carbocycles. The second-order valence-electron chi connectivity index (χ2n) is 5.04. The molecule has 3 heteroatoms. The fourth-order valence-corrected chi connectivity index (χ4v) is 2.25. The Hall–Kier alpha value is -2.39. The summed E-state index contributed by atoms with van der Waals surface area (Å²) in [6.45, 7) is 2.05. The number of benzene rings is 2. The number of pyridine rings is 1. The van der Waals surface area contributed by atoms with Crippen LogP contribution >= 0.6 is 0 Å². The van der Waals surface area contributed by atoms with Gasteiger partial charge in [-0.25, -0.2) is 0 Å². The minimum atomic E-state index is -0.0141. The van der Waals surface area contributed by atoms with Gasteiger partial charge in [0.2, 0.25) is 0 Å². The molecule has 0 spiro atoms. The van der Waals surface area contributed by atoms with Crippen LogP contribution in [0, 0.1) is 0 Å². The highest BCUT2D eigenvalue weighted by Crippen LogP contribution is 2.25. The lowest BCUT2D eigenvalue weighted by molar-refractivity contribution is 0.479. The predicted octanol–water partition coefficient (Wildman–Crippen LogP) is 4.44. The predicted molar refractivity (Wildman–Crippen MR) is 85.5 cm³/mol. The van der Waals surface area contributed by atoms with Gasteiger partial charge in [0, 0.05) is 6.04 Å². The van der Waals surface area contributed by atoms with Gasteiger partial charge in [0.05, 0.1) is 11.9 Å². The summed E-state index contributed by atoms with van der Waals surface area (Å²) in [7, 11) is 0. The van der Waals surface area contributed by atoms with Crippen LogP contribution in [0.3, 0.4) is 0 Å². The van der Waals surface area contributed by atoms with E-state index in [0.29, 0.717) is 0 Å². The Morgan fingerprint density at radius 3 is 2.48 bits per heavy atom. The summed E-state index contributed by atoms with van der Waals surface area (Å²) in [5.74, 6) is 1.53. The molecule has 0 radical (unpaired) electrons. The first-order valence-corrected chi connectivity index (χ1v) is 7.14. The first-order valence-electron chi connectivity index (χ1n) is 7.14. The number of hydrogen-bond acceptors (Lipinski definition) is 3. The molecule has 1 aromatic heterocycles. The van der Waals surface area contributed by atoms with Gasteiger partial charge in [-0.2, -0.15) is 0 Å². The lowest BCUT2D eigenvalue weighted by Gasteiger charge is -2.10. The molecule has 3 nitrogen and oxygen atoms in total. The quantitative estimate of drug-likeness (QED) is 0.767. The number of hydrogen-bond donors (Lipinski definition) is 1. The maximum Gasteiger partial charge on any atom is 0.145 e. The van der Waals surface area contributed by atoms with Crippen LogP contribution in [0.2, 0.25) is 0 Å². The zero-order valence-corrected chi connectivity index (χ0v) is 12.0. The smallest absolute Gasteiger partial charge is 0.145 e. The van der Waals surface area contributed by atoms with Gasteiger partial charge in [-0.15, -0.1) is 0 Å². The molecule has 1 heterocycles. The number of nitrogens with two attached hydrogens (primary N) is 1. The molecular weight excluding hydrogens is 260 g/mol. The standard InChI is InChI=1S/C18H18N2O/c1-2-17(19)18-10-9-16(12-20-18)21-15-8-7-13-5-3-4-6-14(13)11-15/h3-12,17H,2,19H2,1H3. The highest BCUT2D eigenvalue weighted by Gasteiger charge is 2.05. The Labute approximate surface area is 124 Å². The summed E-state index contributed by atoms with van der Waals surface area (Å²) in [5, 5.41) is 2.36. The maximum absolute atomic E-state index is 5.96. The second kappa shape index (κ2) is 5.94. The van der Waals surface area contributed by atoms with E-state index in [1.807, 2.05) is 43.3 Å². The number of aromatic nitrogens is 1. The SMILES string of the molecule is CCC(N)c1ccc(Oc2ccc3ccccc3c2)cn1. The van der Waals surface area contributed by atoms with Crippen LogP contribution in [0.1, 0.15) is 25.1 Å². The molecule has 0 saturated heterocycles. The molecule has 0 fully saturated rings. The normalized spacial score (nSPS) is 12.3. The lowest BCUT2D eigenvalue weighted by atomic mass is 10.1. The number of rotatable bonds is 4. The molecule has 0 bridgehead atoms. The van der Waals surface area contributed by atoms with Crippen molar-refractivity contribution in [1.29, 1.82) is 0 Å². The summed E-state index contributed by atoms with van der Waals surface area (Å²) in [6, 6.07) is 18.1. The van der Waals surface area contributed by atoms with Crippen LogP contribution in [0.25, 0.3) is 10.8 Å². The molecule has 2 N–H and O–H groups in total. The van der Waals surface area contributed by atoms with Gasteiger partial charge in [-0.1, -0.05) is 37.3 Å². The molecular formula is C18H18N2O. The zero-order chi connectivity index (χ0) is 14.7. The van der Waals surface area contributed by atoms with Gasteiger partial charge >= 0.3 is 0 Å². The van der Waals surface area contributed by atoms with Crippen molar-refractivity contribution >= 4 is 10.8 Å². The third-order valence-electron chi connectivity index (χ3n) is 3.54. The van der Waals surface area contributed by atoms with Crippen LogP contribution in [-0.4, -0.2) is 4.98 Å². The first-order chi connectivity index (χ1) is 10.3. The molecule has 21 heavy (non-hydrogen) atoms. The fraction of sp³-hybridized carbons (Fsp3) is 0.167. The van der Waals surface area contributed by atoms with Crippen molar-refractivity contribution in [2.24, 2.45) is 5.73 Å². The molecule has 3 rings (SSSR count). The van der Waals surface area contributed by atoms with Crippen molar-refractivity contribution in [3.8, 4) is 11.5 Å². The van der Waals surface area contributed by atoms with E-state index in [9.17, 15) is 0 Å². The van der Waals surface area contributed by atoms with E-state index < -0.39 is 0 Å². The molecule has 0 aliphatic heterocycles. The zero-order valence-electron chi connectivity index (χ0n) is 12.0. The van der Waals surface area contributed by atoms with Crippen molar-refractivity contribution < 1.29 is 4.74 Å². The van der Waals surface area contributed by atoms with E-state index in [2.05, 4.69) is 23.2 Å². The second-order valence-corrected chi connectivity index (χ2v) is 5.04. The van der Waals surface area contributed by atoms with Gasteiger partial charge in [-0.05, 0) is 41.5 Å². The Morgan fingerprint density at radius 2 is 1.76 bits per heavy atom. The summed E-state index contributed by atoms with van der Waals surface area (Å²) < 4.78 is 5.85. The van der Waals surface area contributed by atoms with Crippen molar-refractivity contribution in [2.45, 2.75) is 19.4 Å². The highest BCUT2D eigenvalue weighted by molar-refractivity contribution is 5.83. The summed E-state index contributed by atoms with van der Waals surface area (Å²) in [4.78, 5) is 4.36. The largest absolute Gasteiger partial charge is 0.456 e. The molecule has 0 aliphatic rings. The summed E-state index contributed by atoms with van der Waals surface area (Å²) in [5.41, 5.74) is 6.85. The Morgan fingerprint density at radius 1 is 1.00 bits per heavy atom. The van der Waals surface area contributed by atoms with E-state index in [1.54, 1.807) is 6.20 Å². The lowest BCUT2D eigenvalue weighted by Crippen LogP contribution is -2.10.